The van der Waals surface area contributed by atoms with E-state index in [4.69, 9.17) is 15.7 Å². The first kappa shape index (κ1) is 15.6. The molecule has 0 aliphatic carbocycles. The minimum absolute atomic E-state index is 0.134. The minimum Gasteiger partial charge on any atom is -0.490 e. The van der Waals surface area contributed by atoms with E-state index in [9.17, 15) is 4.79 Å². The van der Waals surface area contributed by atoms with E-state index in [-0.39, 0.29) is 5.92 Å². The van der Waals surface area contributed by atoms with E-state index in [2.05, 4.69) is 9.82 Å². The van der Waals surface area contributed by atoms with Crippen molar-refractivity contribution in [1.29, 1.82) is 0 Å². The molecule has 3 N–H and O–H groups in total. The van der Waals surface area contributed by atoms with E-state index in [1.54, 1.807) is 0 Å². The number of aromatic nitrogens is 2. The summed E-state index contributed by atoms with van der Waals surface area (Å²) in [4.78, 5) is 21.7. The van der Waals surface area contributed by atoms with Gasteiger partial charge in [0.2, 0.25) is 0 Å². The van der Waals surface area contributed by atoms with E-state index in [1.807, 2.05) is 28.9 Å². The van der Waals surface area contributed by atoms with E-state index in [1.165, 1.54) is 4.90 Å². The number of carboxylic acid groups (broad SMARTS) is 1. The molecule has 1 atom stereocenters. The number of amides is 1. The summed E-state index contributed by atoms with van der Waals surface area (Å²) in [6.45, 7) is 1.79. The Hall–Kier alpha value is -2.32. The van der Waals surface area contributed by atoms with Crippen LogP contribution in [0.3, 0.4) is 0 Å². The van der Waals surface area contributed by atoms with Crippen molar-refractivity contribution >= 4 is 11.7 Å². The maximum atomic E-state index is 11.1. The van der Waals surface area contributed by atoms with Gasteiger partial charge >= 0.3 is 6.09 Å². The normalized spacial score (nSPS) is 18.3. The Bertz CT molecular complexity index is 687. The summed E-state index contributed by atoms with van der Waals surface area (Å²) in [6, 6.07) is 3.72. The van der Waals surface area contributed by atoms with Gasteiger partial charge in [-0.2, -0.15) is 0 Å². The molecule has 1 amide bonds. The molecule has 124 valence electrons. The summed E-state index contributed by atoms with van der Waals surface area (Å²) < 4.78 is 7.41. The van der Waals surface area contributed by atoms with Crippen molar-refractivity contribution in [2.45, 2.75) is 18.8 Å². The van der Waals surface area contributed by atoms with Gasteiger partial charge in [-0.25, -0.2) is 15.7 Å². The second kappa shape index (κ2) is 6.84. The zero-order valence-electron chi connectivity index (χ0n) is 12.7. The molecule has 1 fully saturated rings. The van der Waals surface area contributed by atoms with Crippen LogP contribution in [0.2, 0.25) is 0 Å². The lowest BCUT2D eigenvalue weighted by atomic mass is 9.96. The van der Waals surface area contributed by atoms with Crippen molar-refractivity contribution in [2.24, 2.45) is 5.90 Å². The third kappa shape index (κ3) is 3.54. The quantitative estimate of drug-likeness (QED) is 0.639. The lowest BCUT2D eigenvalue weighted by Gasteiger charge is -2.29. The van der Waals surface area contributed by atoms with Crippen molar-refractivity contribution in [3.05, 3.63) is 30.2 Å². The summed E-state index contributed by atoms with van der Waals surface area (Å²) in [5.41, 5.74) is 1.73. The first-order chi connectivity index (χ1) is 11.2. The predicted molar refractivity (Wildman–Crippen MR) is 82.4 cm³/mol. The summed E-state index contributed by atoms with van der Waals surface area (Å²) in [5.74, 6) is 5.80. The lowest BCUT2D eigenvalue weighted by molar-refractivity contribution is 0.102. The largest absolute Gasteiger partial charge is 0.490 e. The molecule has 23 heavy (non-hydrogen) atoms. The van der Waals surface area contributed by atoms with Crippen LogP contribution in [0, 0.1) is 0 Å². The van der Waals surface area contributed by atoms with E-state index >= 15 is 0 Å². The highest BCUT2D eigenvalue weighted by Crippen LogP contribution is 2.27. The van der Waals surface area contributed by atoms with Crippen molar-refractivity contribution in [2.75, 3.05) is 26.3 Å². The smallest absolute Gasteiger partial charge is 0.407 e. The molecule has 1 saturated heterocycles. The van der Waals surface area contributed by atoms with Crippen LogP contribution < -0.4 is 10.6 Å². The number of rotatable bonds is 5. The van der Waals surface area contributed by atoms with Gasteiger partial charge in [-0.05, 0) is 25.0 Å². The van der Waals surface area contributed by atoms with E-state index in [0.29, 0.717) is 32.1 Å². The van der Waals surface area contributed by atoms with Crippen molar-refractivity contribution in [1.82, 2.24) is 14.3 Å². The van der Waals surface area contributed by atoms with Crippen LogP contribution in [0.4, 0.5) is 4.79 Å². The van der Waals surface area contributed by atoms with Crippen LogP contribution in [0.1, 0.15) is 24.5 Å². The van der Waals surface area contributed by atoms with Crippen LogP contribution >= 0.6 is 0 Å². The minimum atomic E-state index is -0.865. The van der Waals surface area contributed by atoms with Gasteiger partial charge in [-0.1, -0.05) is 0 Å². The van der Waals surface area contributed by atoms with Gasteiger partial charge in [0.1, 0.15) is 24.6 Å². The molecule has 0 spiro atoms. The van der Waals surface area contributed by atoms with Gasteiger partial charge in [0.25, 0.3) is 0 Å². The van der Waals surface area contributed by atoms with Crippen LogP contribution in [0.5, 0.6) is 5.75 Å². The van der Waals surface area contributed by atoms with Crippen molar-refractivity contribution in [3.63, 3.8) is 0 Å². The third-order valence-electron chi connectivity index (χ3n) is 4.02. The number of imidazole rings is 1. The molecule has 8 nitrogen and oxygen atoms in total. The predicted octanol–water partition coefficient (Wildman–Crippen LogP) is 1.46. The number of hydrogen-bond donors (Lipinski definition) is 2. The Labute approximate surface area is 133 Å². The maximum Gasteiger partial charge on any atom is 0.407 e. The lowest BCUT2D eigenvalue weighted by Crippen LogP contribution is -2.38. The summed E-state index contributed by atoms with van der Waals surface area (Å²) in [5, 5.41) is 9.15. The monoisotopic (exact) mass is 320 g/mol. The summed E-state index contributed by atoms with van der Waals surface area (Å²) in [7, 11) is 0. The van der Waals surface area contributed by atoms with Crippen LogP contribution in [-0.2, 0) is 4.84 Å². The van der Waals surface area contributed by atoms with Gasteiger partial charge < -0.3 is 24.0 Å². The first-order valence-corrected chi connectivity index (χ1v) is 7.58. The zero-order valence-corrected chi connectivity index (χ0v) is 12.7. The van der Waals surface area contributed by atoms with Gasteiger partial charge in [-0.3, -0.25) is 0 Å². The zero-order chi connectivity index (χ0) is 16.2. The number of piperidine rings is 1. The van der Waals surface area contributed by atoms with Crippen LogP contribution in [-0.4, -0.2) is 51.8 Å². The van der Waals surface area contributed by atoms with Crippen molar-refractivity contribution < 1.29 is 19.5 Å². The molecule has 0 radical (unpaired) electrons. The number of likely N-dealkylation sites (tertiary alicyclic amines) is 1. The molecule has 3 heterocycles. The van der Waals surface area contributed by atoms with Gasteiger partial charge in [-0.15, -0.1) is 0 Å². The molecule has 1 aliphatic heterocycles. The SMILES string of the molecule is NOCCOc1ccc2nc(C3CCCN(C(=O)O)C3)cn2c1. The standard InChI is InChI=1S/C15H20N4O4/c16-23-7-6-22-12-3-4-14-17-13(10-19(14)9-12)11-2-1-5-18(8-11)15(20)21/h3-4,9-11H,1-2,5-8,16H2,(H,20,21). The number of carbonyl (C=O) groups is 1. The molecular formula is C15H20N4O4. The molecule has 0 saturated carbocycles. The molecule has 0 bridgehead atoms. The number of pyridine rings is 1. The number of fused-ring (bicyclic) bond motifs is 1. The average Bonchev–Trinajstić information content (AvgIpc) is 2.98. The molecule has 1 unspecified atom stereocenters. The van der Waals surface area contributed by atoms with Crippen LogP contribution in [0.15, 0.2) is 24.5 Å². The Kier molecular flexibility index (Phi) is 4.63. The molecule has 1 aliphatic rings. The fraction of sp³-hybridized carbons (Fsp3) is 0.467. The van der Waals surface area contributed by atoms with E-state index < -0.39 is 6.09 Å². The number of nitrogens with two attached hydrogens (primary N) is 1. The molecule has 8 heteroatoms. The molecule has 0 aromatic carbocycles. The van der Waals surface area contributed by atoms with Crippen LogP contribution in [0.25, 0.3) is 5.65 Å². The second-order valence-corrected chi connectivity index (χ2v) is 5.58. The summed E-state index contributed by atoms with van der Waals surface area (Å²) >= 11 is 0. The second-order valence-electron chi connectivity index (χ2n) is 5.58. The summed E-state index contributed by atoms with van der Waals surface area (Å²) in [6.07, 6.45) is 4.73. The highest BCUT2D eigenvalue weighted by atomic mass is 16.6. The highest BCUT2D eigenvalue weighted by molar-refractivity contribution is 5.65. The average molecular weight is 320 g/mol. The Morgan fingerprint density at radius 2 is 2.26 bits per heavy atom. The Balaban J connectivity index is 1.75. The number of ether oxygens (including phenoxy) is 1. The van der Waals surface area contributed by atoms with Gasteiger partial charge in [0, 0.05) is 25.2 Å². The van der Waals surface area contributed by atoms with E-state index in [0.717, 1.165) is 24.2 Å². The van der Waals surface area contributed by atoms with Gasteiger partial charge in [0.15, 0.2) is 0 Å². The molecule has 2 aromatic rings. The molecule has 2 aromatic heterocycles. The Morgan fingerprint density at radius 1 is 1.39 bits per heavy atom. The van der Waals surface area contributed by atoms with Crippen molar-refractivity contribution in [3.8, 4) is 5.75 Å². The number of nitrogens with zero attached hydrogens (tertiary/aromatic N) is 3. The van der Waals surface area contributed by atoms with Gasteiger partial charge in [0.05, 0.1) is 11.9 Å². The third-order valence-corrected chi connectivity index (χ3v) is 4.02. The first-order valence-electron chi connectivity index (χ1n) is 7.58. The maximum absolute atomic E-state index is 11.1. The fourth-order valence-corrected chi connectivity index (χ4v) is 2.87. The topological polar surface area (TPSA) is 102 Å². The number of hydrogen-bond acceptors (Lipinski definition) is 5. The fourth-order valence-electron chi connectivity index (χ4n) is 2.87. The Morgan fingerprint density at radius 3 is 3.04 bits per heavy atom. The highest BCUT2D eigenvalue weighted by Gasteiger charge is 2.26. The molecular weight excluding hydrogens is 300 g/mol. The molecule has 3 rings (SSSR count).